The van der Waals surface area contributed by atoms with Crippen LogP contribution in [-0.2, 0) is 4.79 Å². The van der Waals surface area contributed by atoms with Gasteiger partial charge in [-0.1, -0.05) is 48.7 Å². The van der Waals surface area contributed by atoms with E-state index in [-0.39, 0.29) is 29.4 Å². The molecule has 6 heteroatoms. The van der Waals surface area contributed by atoms with Gasteiger partial charge in [-0.3, -0.25) is 9.59 Å². The number of benzene rings is 2. The number of piperidine rings is 1. The van der Waals surface area contributed by atoms with E-state index >= 15 is 0 Å². The van der Waals surface area contributed by atoms with Crippen molar-refractivity contribution in [2.45, 2.75) is 62.5 Å². The molecule has 1 aliphatic carbocycles. The van der Waals surface area contributed by atoms with Crippen LogP contribution in [0.4, 0.5) is 11.4 Å². The van der Waals surface area contributed by atoms with Crippen LogP contribution < -0.4 is 15.1 Å². The number of halogens is 1. The molecule has 0 bridgehead atoms. The topological polar surface area (TPSA) is 52.7 Å². The van der Waals surface area contributed by atoms with Gasteiger partial charge in [-0.25, -0.2) is 0 Å². The summed E-state index contributed by atoms with van der Waals surface area (Å²) in [6.07, 6.45) is 10.8. The summed E-state index contributed by atoms with van der Waals surface area (Å²) in [5.41, 5.74) is 3.54. The van der Waals surface area contributed by atoms with Crippen LogP contribution in [0.3, 0.4) is 0 Å². The van der Waals surface area contributed by atoms with Crippen molar-refractivity contribution in [3.05, 3.63) is 65.7 Å². The number of nitrogens with zero attached hydrogens (tertiary/aromatic N) is 2. The van der Waals surface area contributed by atoms with E-state index in [1.807, 2.05) is 47.4 Å². The Morgan fingerprint density at radius 3 is 2.58 bits per heavy atom. The molecule has 3 unspecified atom stereocenters. The molecular weight excluding hydrogens is 434 g/mol. The zero-order valence-electron chi connectivity index (χ0n) is 18.8. The minimum atomic E-state index is -0.233. The second-order valence-electron chi connectivity index (χ2n) is 9.18. The molecule has 33 heavy (non-hydrogen) atoms. The number of alkyl halides is 1. The highest BCUT2D eigenvalue weighted by Crippen LogP contribution is 2.36. The molecule has 2 aliphatic heterocycles. The zero-order chi connectivity index (χ0) is 22.8. The first kappa shape index (κ1) is 22.0. The first-order valence-corrected chi connectivity index (χ1v) is 12.5. The predicted molar refractivity (Wildman–Crippen MR) is 134 cm³/mol. The van der Waals surface area contributed by atoms with Crippen molar-refractivity contribution in [2.24, 2.45) is 0 Å². The van der Waals surface area contributed by atoms with Gasteiger partial charge in [0.05, 0.1) is 6.04 Å². The number of hydrogen-bond acceptors (Lipinski definition) is 3. The number of rotatable bonds is 4. The molecular formula is C27H30ClN3O2. The molecule has 2 amide bonds. The van der Waals surface area contributed by atoms with Gasteiger partial charge in [0.2, 0.25) is 5.91 Å². The summed E-state index contributed by atoms with van der Waals surface area (Å²) in [5, 5.41) is 3.30. The quantitative estimate of drug-likeness (QED) is 0.491. The minimum Gasteiger partial charge on any atom is -0.347 e. The van der Waals surface area contributed by atoms with Gasteiger partial charge in [0, 0.05) is 35.9 Å². The standard InChI is InChI=1S/C27H30ClN3O2/c28-25-17-14-19-7-1-3-9-23(19)31(25)24-10-4-2-8-22(24)29-27(33)20-12-15-21(16-13-20)30-18-6-5-11-26(30)32/h1,3,7,9,12-17,22,24-25H,2,4-6,8,10-11,18H2,(H,29,33). The maximum Gasteiger partial charge on any atom is 0.251 e. The van der Waals surface area contributed by atoms with Crippen molar-refractivity contribution in [1.29, 1.82) is 0 Å². The van der Waals surface area contributed by atoms with Crippen molar-refractivity contribution in [3.8, 4) is 0 Å². The van der Waals surface area contributed by atoms with E-state index in [0.717, 1.165) is 62.0 Å². The number of hydrogen-bond donors (Lipinski definition) is 1. The van der Waals surface area contributed by atoms with Crippen LogP contribution in [0.5, 0.6) is 0 Å². The van der Waals surface area contributed by atoms with Crippen molar-refractivity contribution in [2.75, 3.05) is 16.3 Å². The monoisotopic (exact) mass is 463 g/mol. The Kier molecular flexibility index (Phi) is 6.41. The number of carbonyl (C=O) groups is 2. The van der Waals surface area contributed by atoms with E-state index in [4.69, 9.17) is 11.6 Å². The van der Waals surface area contributed by atoms with E-state index in [1.165, 1.54) is 0 Å². The molecule has 3 atom stereocenters. The van der Waals surface area contributed by atoms with Crippen LogP contribution in [0.25, 0.3) is 6.08 Å². The molecule has 1 saturated carbocycles. The lowest BCUT2D eigenvalue weighted by Crippen LogP contribution is -2.55. The molecule has 1 saturated heterocycles. The van der Waals surface area contributed by atoms with E-state index in [9.17, 15) is 9.59 Å². The fourth-order valence-corrected chi connectivity index (χ4v) is 5.69. The highest BCUT2D eigenvalue weighted by atomic mass is 35.5. The van der Waals surface area contributed by atoms with Crippen molar-refractivity contribution in [1.82, 2.24) is 5.32 Å². The Bertz CT molecular complexity index is 1050. The Balaban J connectivity index is 1.32. The number of carbonyl (C=O) groups excluding carboxylic acids is 2. The van der Waals surface area contributed by atoms with Crippen LogP contribution >= 0.6 is 11.6 Å². The van der Waals surface area contributed by atoms with Gasteiger partial charge in [0.1, 0.15) is 5.50 Å². The van der Waals surface area contributed by atoms with E-state index in [1.54, 1.807) is 0 Å². The lowest BCUT2D eigenvalue weighted by atomic mass is 9.87. The maximum atomic E-state index is 13.2. The van der Waals surface area contributed by atoms with Crippen LogP contribution in [0.1, 0.15) is 60.9 Å². The van der Waals surface area contributed by atoms with Gasteiger partial charge in [0.15, 0.2) is 0 Å². The molecule has 172 valence electrons. The van der Waals surface area contributed by atoms with Gasteiger partial charge in [-0.05, 0) is 67.7 Å². The summed E-state index contributed by atoms with van der Waals surface area (Å²) in [7, 11) is 0. The fourth-order valence-electron chi connectivity index (χ4n) is 5.37. The van der Waals surface area contributed by atoms with E-state index in [2.05, 4.69) is 28.4 Å². The number of nitrogens with one attached hydrogen (secondary N) is 1. The molecule has 2 aromatic rings. The smallest absolute Gasteiger partial charge is 0.251 e. The molecule has 0 radical (unpaired) electrons. The van der Waals surface area contributed by atoms with Crippen molar-refractivity contribution >= 4 is 40.9 Å². The molecule has 0 aromatic heterocycles. The van der Waals surface area contributed by atoms with E-state index in [0.29, 0.717) is 12.0 Å². The second kappa shape index (κ2) is 9.60. The molecule has 3 aliphatic rings. The van der Waals surface area contributed by atoms with Gasteiger partial charge in [-0.2, -0.15) is 0 Å². The summed E-state index contributed by atoms with van der Waals surface area (Å²) in [6.45, 7) is 0.749. The van der Waals surface area contributed by atoms with Crippen molar-refractivity contribution < 1.29 is 9.59 Å². The molecule has 5 nitrogen and oxygen atoms in total. The number of para-hydroxylation sites is 1. The third kappa shape index (κ3) is 4.51. The Morgan fingerprint density at radius 2 is 1.76 bits per heavy atom. The summed E-state index contributed by atoms with van der Waals surface area (Å²) in [4.78, 5) is 29.5. The normalized spacial score (nSPS) is 25.0. The molecule has 5 rings (SSSR count). The maximum absolute atomic E-state index is 13.2. The highest BCUT2D eigenvalue weighted by molar-refractivity contribution is 6.24. The Labute approximate surface area is 200 Å². The summed E-state index contributed by atoms with van der Waals surface area (Å²) in [6, 6.07) is 15.9. The van der Waals surface area contributed by atoms with Crippen LogP contribution in [0.15, 0.2) is 54.6 Å². The molecule has 2 heterocycles. The highest BCUT2D eigenvalue weighted by Gasteiger charge is 2.36. The number of amides is 2. The fraction of sp³-hybridized carbons (Fsp3) is 0.407. The molecule has 1 N–H and O–H groups in total. The Hall–Kier alpha value is -2.79. The summed E-state index contributed by atoms with van der Waals surface area (Å²) in [5.74, 6) is 0.0883. The van der Waals surface area contributed by atoms with Crippen LogP contribution in [-0.4, -0.2) is 35.9 Å². The first-order valence-electron chi connectivity index (χ1n) is 12.0. The average molecular weight is 464 g/mol. The third-order valence-corrected chi connectivity index (χ3v) is 7.44. The SMILES string of the molecule is O=C(NC1CCCCC1N1c2ccccc2C=CC1Cl)c1ccc(N2CCCCC2=O)cc1. The molecule has 2 fully saturated rings. The lowest BCUT2D eigenvalue weighted by molar-refractivity contribution is -0.119. The minimum absolute atomic E-state index is 0.0235. The zero-order valence-corrected chi connectivity index (χ0v) is 19.5. The van der Waals surface area contributed by atoms with E-state index < -0.39 is 0 Å². The van der Waals surface area contributed by atoms with Crippen molar-refractivity contribution in [3.63, 3.8) is 0 Å². The third-order valence-electron chi connectivity index (χ3n) is 7.08. The number of anilines is 2. The second-order valence-corrected chi connectivity index (χ2v) is 9.63. The summed E-state index contributed by atoms with van der Waals surface area (Å²) < 4.78 is 0. The van der Waals surface area contributed by atoms with Gasteiger partial charge in [0.25, 0.3) is 5.91 Å². The predicted octanol–water partition coefficient (Wildman–Crippen LogP) is 5.34. The largest absolute Gasteiger partial charge is 0.347 e. The average Bonchev–Trinajstić information content (AvgIpc) is 2.85. The van der Waals surface area contributed by atoms with Gasteiger partial charge in [-0.15, -0.1) is 0 Å². The lowest BCUT2D eigenvalue weighted by Gasteiger charge is -2.45. The van der Waals surface area contributed by atoms with Gasteiger partial charge >= 0.3 is 0 Å². The molecule has 2 aromatic carbocycles. The number of fused-ring (bicyclic) bond motifs is 1. The van der Waals surface area contributed by atoms with Crippen LogP contribution in [0, 0.1) is 0 Å². The van der Waals surface area contributed by atoms with Gasteiger partial charge < -0.3 is 15.1 Å². The Morgan fingerprint density at radius 1 is 0.970 bits per heavy atom. The molecule has 0 spiro atoms. The summed E-state index contributed by atoms with van der Waals surface area (Å²) >= 11 is 6.76. The van der Waals surface area contributed by atoms with Crippen LogP contribution in [0.2, 0.25) is 0 Å². The first-order chi connectivity index (χ1) is 16.1.